The van der Waals surface area contributed by atoms with Crippen molar-refractivity contribution in [3.8, 4) is 0 Å². The Kier molecular flexibility index (Phi) is 5.37. The highest BCUT2D eigenvalue weighted by Gasteiger charge is 2.23. The molecule has 0 spiro atoms. The number of hydrogen-bond acceptors (Lipinski definition) is 4. The first-order valence-corrected chi connectivity index (χ1v) is 9.22. The van der Waals surface area contributed by atoms with Crippen molar-refractivity contribution in [2.75, 3.05) is 6.54 Å². The maximum Gasteiger partial charge on any atom is 0.261 e. The summed E-state index contributed by atoms with van der Waals surface area (Å²) in [5.74, 6) is 0.512. The van der Waals surface area contributed by atoms with Crippen LogP contribution in [-0.4, -0.2) is 27.9 Å². The van der Waals surface area contributed by atoms with Crippen LogP contribution in [0.4, 0.5) is 0 Å². The summed E-state index contributed by atoms with van der Waals surface area (Å²) in [4.78, 5) is 29.2. The van der Waals surface area contributed by atoms with E-state index in [1.165, 1.54) is 10.9 Å². The van der Waals surface area contributed by atoms with Gasteiger partial charge in [0.2, 0.25) is 0 Å². The molecule has 2 atom stereocenters. The van der Waals surface area contributed by atoms with E-state index in [4.69, 9.17) is 11.6 Å². The number of Topliss-reactive ketones (excluding diaryl/α,β-unsaturated/α-hetero) is 1. The van der Waals surface area contributed by atoms with Crippen molar-refractivity contribution in [1.29, 1.82) is 0 Å². The molecule has 1 aromatic carbocycles. The minimum atomic E-state index is -0.243. The van der Waals surface area contributed by atoms with Gasteiger partial charge >= 0.3 is 0 Å². The Balaban J connectivity index is 1.79. The van der Waals surface area contributed by atoms with Gasteiger partial charge in [-0.15, -0.1) is 0 Å². The van der Waals surface area contributed by atoms with Gasteiger partial charge in [-0.1, -0.05) is 18.5 Å². The van der Waals surface area contributed by atoms with Gasteiger partial charge in [-0.2, -0.15) is 0 Å². The molecule has 3 rings (SSSR count). The van der Waals surface area contributed by atoms with Gasteiger partial charge in [-0.3, -0.25) is 14.2 Å². The molecule has 0 aliphatic carbocycles. The van der Waals surface area contributed by atoms with Crippen molar-refractivity contribution >= 4 is 44.2 Å². The van der Waals surface area contributed by atoms with E-state index in [1.807, 2.05) is 0 Å². The van der Waals surface area contributed by atoms with Crippen LogP contribution in [0.15, 0.2) is 27.7 Å². The van der Waals surface area contributed by atoms with Gasteiger partial charge in [-0.25, -0.2) is 4.98 Å². The number of aromatic nitrogens is 2. The maximum absolute atomic E-state index is 12.6. The standard InChI is InChI=1S/C17H19BrClN3O2/c1-10-3-2-4-20-15(10)5-11(23)8-22-9-21-16-7-13(18)14(19)6-12(16)17(22)24/h6-7,9-10,15,20H,2-5,8H2,1H3/t10-,15+/m0/s1. The highest BCUT2D eigenvalue weighted by atomic mass is 79.9. The van der Waals surface area contributed by atoms with Gasteiger partial charge in [0.1, 0.15) is 0 Å². The third kappa shape index (κ3) is 3.71. The van der Waals surface area contributed by atoms with Gasteiger partial charge in [0.15, 0.2) is 5.78 Å². The summed E-state index contributed by atoms with van der Waals surface area (Å²) < 4.78 is 2.05. The number of piperidine rings is 1. The predicted octanol–water partition coefficient (Wildman–Crippen LogP) is 3.16. The first-order chi connectivity index (χ1) is 11.5. The highest BCUT2D eigenvalue weighted by molar-refractivity contribution is 9.10. The Morgan fingerprint density at radius 1 is 1.50 bits per heavy atom. The van der Waals surface area contributed by atoms with Crippen LogP contribution in [-0.2, 0) is 11.3 Å². The number of hydrogen-bond donors (Lipinski definition) is 1. The molecule has 1 N–H and O–H groups in total. The largest absolute Gasteiger partial charge is 0.313 e. The fraction of sp³-hybridized carbons (Fsp3) is 0.471. The van der Waals surface area contributed by atoms with Crippen LogP contribution >= 0.6 is 27.5 Å². The van der Waals surface area contributed by atoms with Crippen LogP contribution in [0.3, 0.4) is 0 Å². The Bertz CT molecular complexity index is 836. The number of benzene rings is 1. The highest BCUT2D eigenvalue weighted by Crippen LogP contribution is 2.25. The Morgan fingerprint density at radius 2 is 2.29 bits per heavy atom. The summed E-state index contributed by atoms with van der Waals surface area (Å²) in [5, 5.41) is 4.27. The molecule has 1 aliphatic rings. The molecule has 5 nitrogen and oxygen atoms in total. The lowest BCUT2D eigenvalue weighted by atomic mass is 9.89. The molecule has 0 amide bonds. The molecule has 1 fully saturated rings. The second-order valence-electron chi connectivity index (χ2n) is 6.38. The summed E-state index contributed by atoms with van der Waals surface area (Å²) in [6.07, 6.45) is 4.15. The SMILES string of the molecule is C[C@H]1CCCN[C@@H]1CC(=O)Cn1cnc2cc(Br)c(Cl)cc2c1=O. The van der Waals surface area contributed by atoms with Crippen LogP contribution in [0.1, 0.15) is 26.2 Å². The summed E-state index contributed by atoms with van der Waals surface area (Å²) in [6, 6.07) is 3.49. The van der Waals surface area contributed by atoms with E-state index in [-0.39, 0.29) is 23.9 Å². The molecule has 2 aromatic rings. The molecule has 0 saturated carbocycles. The van der Waals surface area contributed by atoms with E-state index in [9.17, 15) is 9.59 Å². The minimum Gasteiger partial charge on any atom is -0.313 e. The molecular formula is C17H19BrClN3O2. The number of carbonyl (C=O) groups is 1. The molecule has 128 valence electrons. The molecule has 0 unspecified atom stereocenters. The Hall–Kier alpha value is -1.24. The summed E-state index contributed by atoms with van der Waals surface area (Å²) in [6.45, 7) is 3.15. The fourth-order valence-electron chi connectivity index (χ4n) is 3.15. The monoisotopic (exact) mass is 411 g/mol. The summed E-state index contributed by atoms with van der Waals surface area (Å²) >= 11 is 9.38. The van der Waals surface area contributed by atoms with Gasteiger partial charge in [-0.05, 0) is 53.4 Å². The molecule has 0 radical (unpaired) electrons. The third-order valence-corrected chi connectivity index (χ3v) is 5.79. The number of fused-ring (bicyclic) bond motifs is 1. The average molecular weight is 413 g/mol. The normalized spacial score (nSPS) is 21.1. The molecule has 1 saturated heterocycles. The van der Waals surface area contributed by atoms with E-state index in [0.29, 0.717) is 32.7 Å². The lowest BCUT2D eigenvalue weighted by Crippen LogP contribution is -2.42. The molecule has 1 aliphatic heterocycles. The van der Waals surface area contributed by atoms with Crippen LogP contribution in [0, 0.1) is 5.92 Å². The van der Waals surface area contributed by atoms with Crippen molar-refractivity contribution in [3.05, 3.63) is 38.3 Å². The minimum absolute atomic E-state index is 0.0349. The number of rotatable bonds is 4. The van der Waals surface area contributed by atoms with Crippen LogP contribution in [0.25, 0.3) is 10.9 Å². The topological polar surface area (TPSA) is 64.0 Å². The molecular weight excluding hydrogens is 394 g/mol. The van der Waals surface area contributed by atoms with Crippen LogP contribution < -0.4 is 10.9 Å². The van der Waals surface area contributed by atoms with Gasteiger partial charge < -0.3 is 5.32 Å². The number of nitrogens with one attached hydrogen (secondary N) is 1. The number of nitrogens with zero attached hydrogens (tertiary/aromatic N) is 2. The van der Waals surface area contributed by atoms with E-state index in [0.717, 1.165) is 19.4 Å². The fourth-order valence-corrected chi connectivity index (χ4v) is 3.65. The number of carbonyl (C=O) groups excluding carboxylic acids is 1. The number of ketones is 1. The van der Waals surface area contributed by atoms with Gasteiger partial charge in [0, 0.05) is 16.9 Å². The molecule has 7 heteroatoms. The predicted molar refractivity (Wildman–Crippen MR) is 98.5 cm³/mol. The smallest absolute Gasteiger partial charge is 0.261 e. The van der Waals surface area contributed by atoms with Crippen molar-refractivity contribution in [2.45, 2.75) is 38.8 Å². The second kappa shape index (κ2) is 7.33. The summed E-state index contributed by atoms with van der Waals surface area (Å²) in [7, 11) is 0. The van der Waals surface area contributed by atoms with E-state index in [2.05, 4.69) is 33.2 Å². The molecule has 0 bridgehead atoms. The van der Waals surface area contributed by atoms with Crippen molar-refractivity contribution < 1.29 is 4.79 Å². The van der Waals surface area contributed by atoms with E-state index in [1.54, 1.807) is 12.1 Å². The Labute approximate surface area is 153 Å². The molecule has 2 heterocycles. The third-order valence-electron chi connectivity index (χ3n) is 4.59. The van der Waals surface area contributed by atoms with Crippen molar-refractivity contribution in [3.63, 3.8) is 0 Å². The van der Waals surface area contributed by atoms with Gasteiger partial charge in [0.05, 0.1) is 28.8 Å². The quantitative estimate of drug-likeness (QED) is 0.838. The van der Waals surface area contributed by atoms with Crippen LogP contribution in [0.2, 0.25) is 5.02 Å². The van der Waals surface area contributed by atoms with E-state index >= 15 is 0 Å². The van der Waals surface area contributed by atoms with Gasteiger partial charge in [0.25, 0.3) is 5.56 Å². The number of halogens is 2. The zero-order chi connectivity index (χ0) is 17.3. The van der Waals surface area contributed by atoms with E-state index < -0.39 is 0 Å². The molecule has 1 aromatic heterocycles. The lowest BCUT2D eigenvalue weighted by Gasteiger charge is -2.29. The van der Waals surface area contributed by atoms with Crippen molar-refractivity contribution in [2.24, 2.45) is 5.92 Å². The molecule has 24 heavy (non-hydrogen) atoms. The zero-order valence-corrected chi connectivity index (χ0v) is 15.7. The van der Waals surface area contributed by atoms with Crippen LogP contribution in [0.5, 0.6) is 0 Å². The second-order valence-corrected chi connectivity index (χ2v) is 7.65. The van der Waals surface area contributed by atoms with Crippen molar-refractivity contribution in [1.82, 2.24) is 14.9 Å². The lowest BCUT2D eigenvalue weighted by molar-refractivity contribution is -0.120. The average Bonchev–Trinajstić information content (AvgIpc) is 2.54. The Morgan fingerprint density at radius 3 is 3.04 bits per heavy atom. The zero-order valence-electron chi connectivity index (χ0n) is 13.4. The maximum atomic E-state index is 12.6. The summed E-state index contributed by atoms with van der Waals surface area (Å²) in [5.41, 5.74) is 0.315. The first-order valence-electron chi connectivity index (χ1n) is 8.05. The first kappa shape index (κ1) is 17.6.